The van der Waals surface area contributed by atoms with Crippen LogP contribution >= 0.6 is 0 Å². The average Bonchev–Trinajstić information content (AvgIpc) is 3.05. The standard InChI is InChI=1S/C23H19N3O/c1-17-12-14-19(15-13-17)24-16-21-22(18-8-4-2-5-9-18)25-26(23(21)27)20-10-6-3-7-11-20/h2-16,25H,1H3. The van der Waals surface area contributed by atoms with Crippen LogP contribution in [0.5, 0.6) is 0 Å². The maximum absolute atomic E-state index is 13.1. The molecule has 1 aromatic heterocycles. The molecule has 0 unspecified atom stereocenters. The third kappa shape index (κ3) is 3.51. The van der Waals surface area contributed by atoms with Crippen molar-refractivity contribution in [2.75, 3.05) is 0 Å². The largest absolute Gasteiger partial charge is 0.290 e. The lowest BCUT2D eigenvalue weighted by atomic mass is 10.1. The number of hydrogen-bond donors (Lipinski definition) is 1. The fourth-order valence-corrected chi connectivity index (χ4v) is 2.92. The Hall–Kier alpha value is -3.66. The third-order valence-electron chi connectivity index (χ3n) is 4.38. The first-order valence-electron chi connectivity index (χ1n) is 8.79. The fraction of sp³-hybridized carbons (Fsp3) is 0.0435. The predicted molar refractivity (Wildman–Crippen MR) is 110 cm³/mol. The van der Waals surface area contributed by atoms with Crippen molar-refractivity contribution in [3.05, 3.63) is 106 Å². The van der Waals surface area contributed by atoms with E-state index >= 15 is 0 Å². The van der Waals surface area contributed by atoms with Crippen molar-refractivity contribution in [1.82, 2.24) is 9.78 Å². The Morgan fingerprint density at radius 2 is 1.48 bits per heavy atom. The first kappa shape index (κ1) is 16.8. The summed E-state index contributed by atoms with van der Waals surface area (Å²) in [5, 5.41) is 3.24. The van der Waals surface area contributed by atoms with E-state index in [1.165, 1.54) is 5.56 Å². The summed E-state index contributed by atoms with van der Waals surface area (Å²) >= 11 is 0. The van der Waals surface area contributed by atoms with Gasteiger partial charge in [0.1, 0.15) is 0 Å². The van der Waals surface area contributed by atoms with Crippen molar-refractivity contribution in [2.45, 2.75) is 6.92 Å². The number of aromatic amines is 1. The quantitative estimate of drug-likeness (QED) is 0.522. The van der Waals surface area contributed by atoms with Crippen LogP contribution in [0.1, 0.15) is 11.1 Å². The van der Waals surface area contributed by atoms with E-state index in [2.05, 4.69) is 10.1 Å². The van der Waals surface area contributed by atoms with Gasteiger partial charge < -0.3 is 0 Å². The molecule has 27 heavy (non-hydrogen) atoms. The topological polar surface area (TPSA) is 50.1 Å². The fourth-order valence-electron chi connectivity index (χ4n) is 2.92. The van der Waals surface area contributed by atoms with Gasteiger partial charge in [0.05, 0.1) is 22.6 Å². The van der Waals surface area contributed by atoms with Gasteiger partial charge >= 0.3 is 0 Å². The molecule has 0 aliphatic rings. The molecule has 0 bridgehead atoms. The van der Waals surface area contributed by atoms with Crippen LogP contribution in [0, 0.1) is 6.92 Å². The van der Waals surface area contributed by atoms with Crippen LogP contribution < -0.4 is 5.56 Å². The second kappa shape index (κ2) is 7.30. The molecule has 0 aliphatic heterocycles. The van der Waals surface area contributed by atoms with Crippen molar-refractivity contribution >= 4 is 11.9 Å². The van der Waals surface area contributed by atoms with Gasteiger partial charge in [-0.3, -0.25) is 14.9 Å². The van der Waals surface area contributed by atoms with E-state index in [9.17, 15) is 4.79 Å². The highest BCUT2D eigenvalue weighted by molar-refractivity contribution is 5.90. The smallest absolute Gasteiger partial charge is 0.280 e. The van der Waals surface area contributed by atoms with Gasteiger partial charge in [-0.1, -0.05) is 66.2 Å². The van der Waals surface area contributed by atoms with Crippen LogP contribution in [0.4, 0.5) is 5.69 Å². The number of aryl methyl sites for hydroxylation is 1. The van der Waals surface area contributed by atoms with Gasteiger partial charge in [-0.05, 0) is 31.2 Å². The second-order valence-electron chi connectivity index (χ2n) is 6.34. The molecular formula is C23H19N3O. The Labute approximate surface area is 157 Å². The molecule has 0 amide bonds. The molecule has 4 rings (SSSR count). The van der Waals surface area contributed by atoms with Gasteiger partial charge in [-0.2, -0.15) is 0 Å². The molecule has 0 aliphatic carbocycles. The highest BCUT2D eigenvalue weighted by atomic mass is 16.1. The molecule has 4 nitrogen and oxygen atoms in total. The molecule has 0 fully saturated rings. The minimum absolute atomic E-state index is 0.129. The highest BCUT2D eigenvalue weighted by Gasteiger charge is 2.15. The minimum atomic E-state index is -0.129. The number of nitrogens with zero attached hydrogens (tertiary/aromatic N) is 2. The third-order valence-corrected chi connectivity index (χ3v) is 4.38. The van der Waals surface area contributed by atoms with E-state index in [1.807, 2.05) is 91.9 Å². The van der Waals surface area contributed by atoms with Gasteiger partial charge in [-0.25, -0.2) is 4.68 Å². The van der Waals surface area contributed by atoms with Crippen molar-refractivity contribution in [2.24, 2.45) is 4.99 Å². The Morgan fingerprint density at radius 3 is 2.15 bits per heavy atom. The average molecular weight is 353 g/mol. The summed E-state index contributed by atoms with van der Waals surface area (Å²) in [6, 6.07) is 27.2. The number of aromatic nitrogens is 2. The van der Waals surface area contributed by atoms with E-state index in [-0.39, 0.29) is 5.56 Å². The molecule has 0 spiro atoms. The number of hydrogen-bond acceptors (Lipinski definition) is 2. The van der Waals surface area contributed by atoms with Gasteiger partial charge in [0.25, 0.3) is 5.56 Å². The molecule has 0 radical (unpaired) electrons. The summed E-state index contributed by atoms with van der Waals surface area (Å²) in [6.07, 6.45) is 1.64. The molecule has 1 N–H and O–H groups in total. The number of para-hydroxylation sites is 1. The zero-order valence-electron chi connectivity index (χ0n) is 15.0. The first-order chi connectivity index (χ1) is 13.2. The Balaban J connectivity index is 1.85. The van der Waals surface area contributed by atoms with E-state index in [4.69, 9.17) is 0 Å². The molecular weight excluding hydrogens is 334 g/mol. The SMILES string of the molecule is Cc1ccc(N=Cc2c(-c3ccccc3)[nH]n(-c3ccccc3)c2=O)cc1. The maximum Gasteiger partial charge on any atom is 0.280 e. The van der Waals surface area contributed by atoms with Crippen molar-refractivity contribution in [3.63, 3.8) is 0 Å². The van der Waals surface area contributed by atoms with E-state index in [0.29, 0.717) is 5.56 Å². The zero-order chi connectivity index (χ0) is 18.6. The summed E-state index contributed by atoms with van der Waals surface area (Å²) < 4.78 is 1.55. The Bertz CT molecular complexity index is 1120. The highest BCUT2D eigenvalue weighted by Crippen LogP contribution is 2.20. The van der Waals surface area contributed by atoms with Crippen LogP contribution in [-0.4, -0.2) is 16.0 Å². The maximum atomic E-state index is 13.1. The summed E-state index contributed by atoms with van der Waals surface area (Å²) in [4.78, 5) is 17.6. The van der Waals surface area contributed by atoms with Crippen molar-refractivity contribution in [3.8, 4) is 16.9 Å². The summed E-state index contributed by atoms with van der Waals surface area (Å²) in [5.74, 6) is 0. The minimum Gasteiger partial charge on any atom is -0.290 e. The number of H-pyrrole nitrogens is 1. The van der Waals surface area contributed by atoms with E-state index in [0.717, 1.165) is 22.6 Å². The van der Waals surface area contributed by atoms with Crippen molar-refractivity contribution in [1.29, 1.82) is 0 Å². The number of aliphatic imine (C=N–C) groups is 1. The normalized spacial score (nSPS) is 11.1. The molecule has 1 heterocycles. The Morgan fingerprint density at radius 1 is 0.852 bits per heavy atom. The van der Waals surface area contributed by atoms with Gasteiger partial charge in [-0.15, -0.1) is 0 Å². The molecule has 4 aromatic rings. The zero-order valence-corrected chi connectivity index (χ0v) is 15.0. The van der Waals surface area contributed by atoms with Gasteiger partial charge in [0.15, 0.2) is 0 Å². The van der Waals surface area contributed by atoms with Crippen molar-refractivity contribution < 1.29 is 0 Å². The second-order valence-corrected chi connectivity index (χ2v) is 6.34. The van der Waals surface area contributed by atoms with E-state index in [1.54, 1.807) is 10.9 Å². The monoisotopic (exact) mass is 353 g/mol. The molecule has 3 aromatic carbocycles. The van der Waals surface area contributed by atoms with Crippen LogP contribution in [0.25, 0.3) is 16.9 Å². The molecule has 0 saturated carbocycles. The lowest BCUT2D eigenvalue weighted by molar-refractivity contribution is 0.852. The van der Waals surface area contributed by atoms with Gasteiger partial charge in [0.2, 0.25) is 0 Å². The summed E-state index contributed by atoms with van der Waals surface area (Å²) in [6.45, 7) is 2.03. The molecule has 0 saturated heterocycles. The molecule has 132 valence electrons. The number of benzene rings is 3. The van der Waals surface area contributed by atoms with Crippen LogP contribution in [0.3, 0.4) is 0 Å². The summed E-state index contributed by atoms with van der Waals surface area (Å²) in [7, 11) is 0. The predicted octanol–water partition coefficient (Wildman–Crippen LogP) is 4.89. The summed E-state index contributed by atoms with van der Waals surface area (Å²) in [5.41, 5.74) is 4.87. The van der Waals surface area contributed by atoms with Crippen LogP contribution in [-0.2, 0) is 0 Å². The lowest BCUT2D eigenvalue weighted by Crippen LogP contribution is -2.17. The van der Waals surface area contributed by atoms with Gasteiger partial charge in [0, 0.05) is 11.8 Å². The molecule has 0 atom stereocenters. The number of rotatable bonds is 4. The number of nitrogens with one attached hydrogen (secondary N) is 1. The first-order valence-corrected chi connectivity index (χ1v) is 8.79. The molecule has 4 heteroatoms. The van der Waals surface area contributed by atoms with Crippen LogP contribution in [0.15, 0.2) is 94.7 Å². The Kier molecular flexibility index (Phi) is 4.54. The van der Waals surface area contributed by atoms with Crippen LogP contribution in [0.2, 0.25) is 0 Å². The lowest BCUT2D eigenvalue weighted by Gasteiger charge is -2.01. The van der Waals surface area contributed by atoms with E-state index < -0.39 is 0 Å².